The van der Waals surface area contributed by atoms with Gasteiger partial charge in [0.15, 0.2) is 0 Å². The van der Waals surface area contributed by atoms with Gasteiger partial charge in [0.2, 0.25) is 0 Å². The molecule has 0 atom stereocenters. The lowest BCUT2D eigenvalue weighted by Crippen LogP contribution is -2.36. The second kappa shape index (κ2) is 2.66. The number of nitrogens with two attached hydrogens (primary N) is 1. The van der Waals surface area contributed by atoms with E-state index in [9.17, 15) is 4.79 Å². The van der Waals surface area contributed by atoms with Crippen molar-refractivity contribution in [1.29, 1.82) is 0 Å². The van der Waals surface area contributed by atoms with E-state index in [2.05, 4.69) is 10.1 Å². The van der Waals surface area contributed by atoms with Gasteiger partial charge in [-0.2, -0.15) is 14.8 Å². The van der Waals surface area contributed by atoms with Gasteiger partial charge in [-0.1, -0.05) is 0 Å². The summed E-state index contributed by atoms with van der Waals surface area (Å²) in [5, 5.41) is 2.54. The molecular weight excluding hydrogens is 132 g/mol. The predicted molar refractivity (Wildman–Crippen MR) is 35.3 cm³/mol. The zero-order valence-corrected chi connectivity index (χ0v) is 5.85. The molecule has 5 heteroatoms. The van der Waals surface area contributed by atoms with Crippen LogP contribution in [-0.4, -0.2) is 16.6 Å². The molecule has 10 heavy (non-hydrogen) atoms. The van der Waals surface area contributed by atoms with E-state index in [0.717, 1.165) is 5.82 Å². The molecule has 0 saturated heterocycles. The van der Waals surface area contributed by atoms with Crippen LogP contribution in [0.3, 0.4) is 0 Å². The number of nitrogens with one attached hydrogen (secondary N) is 2. The fraction of sp³-hybridized carbons (Fsp3) is 0.600. The van der Waals surface area contributed by atoms with E-state index >= 15 is 0 Å². The smallest absolute Gasteiger partial charge is 0.330 e. The molecule has 4 N–H and O–H groups in total. The molecule has 0 fully saturated rings. The SMILES string of the molecule is C[n+]1[nH]c(=O)[nH]c1CCN. The highest BCUT2D eigenvalue weighted by Gasteiger charge is 2.07. The third-order valence-corrected chi connectivity index (χ3v) is 1.31. The summed E-state index contributed by atoms with van der Waals surface area (Å²) in [5.74, 6) is 0.826. The van der Waals surface area contributed by atoms with Gasteiger partial charge in [-0.25, -0.2) is 4.79 Å². The van der Waals surface area contributed by atoms with Crippen LogP contribution in [-0.2, 0) is 13.5 Å². The molecule has 1 aromatic heterocycles. The Morgan fingerprint density at radius 2 is 2.40 bits per heavy atom. The summed E-state index contributed by atoms with van der Waals surface area (Å²) < 4.78 is 1.63. The number of rotatable bonds is 2. The molecule has 0 unspecified atom stereocenters. The molecule has 0 bridgehead atoms. The molecule has 1 aromatic rings. The molecule has 0 amide bonds. The van der Waals surface area contributed by atoms with Crippen molar-refractivity contribution >= 4 is 0 Å². The molecule has 0 aliphatic carbocycles. The molecule has 0 aliphatic rings. The summed E-state index contributed by atoms with van der Waals surface area (Å²) in [6, 6.07) is 0. The number of H-pyrrole nitrogens is 2. The van der Waals surface area contributed by atoms with Gasteiger partial charge in [0.25, 0.3) is 5.82 Å². The maximum absolute atomic E-state index is 10.6. The van der Waals surface area contributed by atoms with Crippen molar-refractivity contribution in [3.63, 3.8) is 0 Å². The summed E-state index contributed by atoms with van der Waals surface area (Å²) in [4.78, 5) is 13.2. The van der Waals surface area contributed by atoms with Gasteiger partial charge in [0.05, 0.1) is 6.42 Å². The first kappa shape index (κ1) is 7.01. The Morgan fingerprint density at radius 1 is 1.70 bits per heavy atom. The largest absolute Gasteiger partial charge is 0.441 e. The van der Waals surface area contributed by atoms with Gasteiger partial charge in [-0.3, -0.25) is 0 Å². The Balaban J connectivity index is 2.92. The maximum atomic E-state index is 10.6. The first-order chi connectivity index (χ1) is 4.74. The number of nitrogens with zero attached hydrogens (tertiary/aromatic N) is 1. The van der Waals surface area contributed by atoms with Gasteiger partial charge in [-0.05, 0) is 0 Å². The van der Waals surface area contributed by atoms with Crippen molar-refractivity contribution in [2.24, 2.45) is 12.8 Å². The van der Waals surface area contributed by atoms with Crippen LogP contribution in [0.2, 0.25) is 0 Å². The van der Waals surface area contributed by atoms with E-state index in [4.69, 9.17) is 5.73 Å². The summed E-state index contributed by atoms with van der Waals surface area (Å²) in [6.45, 7) is 0.543. The first-order valence-corrected chi connectivity index (χ1v) is 3.11. The Morgan fingerprint density at radius 3 is 2.80 bits per heavy atom. The van der Waals surface area contributed by atoms with Gasteiger partial charge in [0.1, 0.15) is 7.05 Å². The summed E-state index contributed by atoms with van der Waals surface area (Å²) in [5.41, 5.74) is 5.10. The van der Waals surface area contributed by atoms with Crippen LogP contribution in [0, 0.1) is 0 Å². The fourth-order valence-electron chi connectivity index (χ4n) is 0.830. The molecule has 0 aromatic carbocycles. The van der Waals surface area contributed by atoms with Crippen molar-refractivity contribution in [2.45, 2.75) is 6.42 Å². The van der Waals surface area contributed by atoms with Crippen LogP contribution in [0.15, 0.2) is 4.79 Å². The van der Waals surface area contributed by atoms with E-state index in [-0.39, 0.29) is 5.69 Å². The molecule has 1 heterocycles. The Bertz CT molecular complexity index is 261. The average Bonchev–Trinajstić information content (AvgIpc) is 2.13. The van der Waals surface area contributed by atoms with Crippen LogP contribution in [0.1, 0.15) is 5.82 Å². The number of aryl methyl sites for hydroxylation is 1. The number of hydrogen-bond donors (Lipinski definition) is 3. The summed E-state index contributed by atoms with van der Waals surface area (Å²) >= 11 is 0. The van der Waals surface area contributed by atoms with Gasteiger partial charge >= 0.3 is 5.69 Å². The van der Waals surface area contributed by atoms with E-state index in [0.29, 0.717) is 13.0 Å². The highest BCUT2D eigenvalue weighted by Crippen LogP contribution is 1.76. The third kappa shape index (κ3) is 1.24. The summed E-state index contributed by atoms with van der Waals surface area (Å²) in [7, 11) is 1.77. The molecule has 1 rings (SSSR count). The van der Waals surface area contributed by atoms with Crippen molar-refractivity contribution in [3.8, 4) is 0 Å². The zero-order valence-electron chi connectivity index (χ0n) is 5.85. The minimum absolute atomic E-state index is 0.189. The molecule has 56 valence electrons. The van der Waals surface area contributed by atoms with Crippen molar-refractivity contribution < 1.29 is 4.68 Å². The highest BCUT2D eigenvalue weighted by atomic mass is 16.1. The van der Waals surface area contributed by atoms with Crippen LogP contribution >= 0.6 is 0 Å². The Labute approximate surface area is 57.9 Å². The molecule has 0 radical (unpaired) electrons. The Hall–Kier alpha value is -1.10. The van der Waals surface area contributed by atoms with Crippen molar-refractivity contribution in [2.75, 3.05) is 6.54 Å². The van der Waals surface area contributed by atoms with E-state index in [1.165, 1.54) is 0 Å². The predicted octanol–water partition coefficient (Wildman–Crippen LogP) is -1.97. The van der Waals surface area contributed by atoms with Crippen LogP contribution in [0.4, 0.5) is 0 Å². The first-order valence-electron chi connectivity index (χ1n) is 3.11. The van der Waals surface area contributed by atoms with Crippen LogP contribution in [0.5, 0.6) is 0 Å². The maximum Gasteiger partial charge on any atom is 0.441 e. The van der Waals surface area contributed by atoms with E-state index < -0.39 is 0 Å². The van der Waals surface area contributed by atoms with Gasteiger partial charge in [-0.15, -0.1) is 0 Å². The van der Waals surface area contributed by atoms with Crippen molar-refractivity contribution in [1.82, 2.24) is 10.1 Å². The second-order valence-electron chi connectivity index (χ2n) is 2.11. The third-order valence-electron chi connectivity index (χ3n) is 1.31. The highest BCUT2D eigenvalue weighted by molar-refractivity contribution is 4.72. The quantitative estimate of drug-likeness (QED) is 0.420. The molecule has 0 saturated carbocycles. The summed E-state index contributed by atoms with van der Waals surface area (Å²) in [6.07, 6.45) is 0.690. The number of aromatic amines is 2. The van der Waals surface area contributed by atoms with E-state index in [1.807, 2.05) is 0 Å². The fourth-order valence-corrected chi connectivity index (χ4v) is 0.830. The van der Waals surface area contributed by atoms with Crippen LogP contribution < -0.4 is 16.1 Å². The molecule has 5 nitrogen and oxygen atoms in total. The van der Waals surface area contributed by atoms with Gasteiger partial charge < -0.3 is 5.73 Å². The number of hydrogen-bond acceptors (Lipinski definition) is 2. The lowest BCUT2D eigenvalue weighted by atomic mass is 10.4. The minimum atomic E-state index is -0.189. The molecule has 0 aliphatic heterocycles. The lowest BCUT2D eigenvalue weighted by molar-refractivity contribution is -0.735. The Kier molecular flexibility index (Phi) is 1.86. The molecular formula is C5H11N4O+. The minimum Gasteiger partial charge on any atom is -0.330 e. The topological polar surface area (TPSA) is 78.5 Å². The van der Waals surface area contributed by atoms with E-state index in [1.54, 1.807) is 11.7 Å². The standard InChI is InChI=1S/C5H10N4O/c1-9-4(2-3-6)7-5(10)8-9/h2-3,6H2,1H3,(H,8,10)/p+1. The lowest BCUT2D eigenvalue weighted by Gasteiger charge is -1.86. The second-order valence-corrected chi connectivity index (χ2v) is 2.11. The number of aromatic nitrogens is 3. The zero-order chi connectivity index (χ0) is 7.56. The normalized spacial score (nSPS) is 10.2. The molecule has 0 spiro atoms. The average molecular weight is 143 g/mol. The van der Waals surface area contributed by atoms with Crippen molar-refractivity contribution in [3.05, 3.63) is 16.3 Å². The monoisotopic (exact) mass is 143 g/mol. The van der Waals surface area contributed by atoms with Crippen LogP contribution in [0.25, 0.3) is 0 Å². The van der Waals surface area contributed by atoms with Gasteiger partial charge in [0, 0.05) is 6.54 Å².